The van der Waals surface area contributed by atoms with Gasteiger partial charge in [-0.1, -0.05) is 25.1 Å². The molecular weight excluding hydrogens is 371 g/mol. The van der Waals surface area contributed by atoms with E-state index < -0.39 is 27.8 Å². The number of methoxy groups -OCH3 is 1. The van der Waals surface area contributed by atoms with Crippen molar-refractivity contribution in [2.24, 2.45) is 0 Å². The molecule has 0 aromatic heterocycles. The molecule has 0 unspecified atom stereocenters. The second-order valence-corrected chi connectivity index (χ2v) is 7.85. The minimum Gasteiger partial charge on any atom is -0.496 e. The number of benzene rings is 2. The summed E-state index contributed by atoms with van der Waals surface area (Å²) in [5, 5.41) is 2.76. The first-order valence-electron chi connectivity index (χ1n) is 8.42. The molecule has 0 spiro atoms. The highest BCUT2D eigenvalue weighted by molar-refractivity contribution is 7.92. The molecule has 0 aliphatic heterocycles. The van der Waals surface area contributed by atoms with Crippen LogP contribution in [-0.4, -0.2) is 33.7 Å². The first-order chi connectivity index (χ1) is 12.8. The summed E-state index contributed by atoms with van der Waals surface area (Å²) >= 11 is 0. The summed E-state index contributed by atoms with van der Waals surface area (Å²) in [4.78, 5) is 12.7. The van der Waals surface area contributed by atoms with Crippen LogP contribution in [0.25, 0.3) is 0 Å². The van der Waals surface area contributed by atoms with Crippen LogP contribution in [0.4, 0.5) is 10.1 Å². The van der Waals surface area contributed by atoms with Crippen molar-refractivity contribution in [3.63, 3.8) is 0 Å². The molecule has 0 radical (unpaired) electrons. The lowest BCUT2D eigenvalue weighted by Crippen LogP contribution is -2.49. The minimum absolute atomic E-state index is 0.195. The first kappa shape index (κ1) is 20.7. The molecule has 0 aliphatic carbocycles. The molecular formula is C19H23FN2O4S. The number of hydrogen-bond acceptors (Lipinski definition) is 4. The highest BCUT2D eigenvalue weighted by atomic mass is 32.2. The van der Waals surface area contributed by atoms with Crippen LogP contribution in [0, 0.1) is 5.82 Å². The van der Waals surface area contributed by atoms with E-state index >= 15 is 0 Å². The van der Waals surface area contributed by atoms with Gasteiger partial charge in [-0.3, -0.25) is 9.10 Å². The maximum atomic E-state index is 13.2. The smallest absolute Gasteiger partial charge is 0.244 e. The number of hydrogen-bond donors (Lipinski definition) is 1. The van der Waals surface area contributed by atoms with Gasteiger partial charge in [0.1, 0.15) is 17.6 Å². The Hall–Kier alpha value is -2.61. The fraction of sp³-hybridized carbons (Fsp3) is 0.316. The number of carbonyl (C=O) groups excluding carboxylic acids is 1. The van der Waals surface area contributed by atoms with Crippen LogP contribution in [0.15, 0.2) is 48.5 Å². The molecule has 146 valence electrons. The highest BCUT2D eigenvalue weighted by Gasteiger charge is 2.31. The van der Waals surface area contributed by atoms with E-state index in [1.165, 1.54) is 19.2 Å². The van der Waals surface area contributed by atoms with Crippen molar-refractivity contribution in [2.45, 2.75) is 25.9 Å². The van der Waals surface area contributed by atoms with Crippen molar-refractivity contribution in [1.29, 1.82) is 0 Å². The summed E-state index contributed by atoms with van der Waals surface area (Å²) in [6, 6.07) is 11.3. The van der Waals surface area contributed by atoms with Crippen molar-refractivity contribution >= 4 is 21.6 Å². The van der Waals surface area contributed by atoms with E-state index in [1.807, 2.05) is 18.2 Å². The molecule has 8 heteroatoms. The van der Waals surface area contributed by atoms with Gasteiger partial charge in [0.25, 0.3) is 0 Å². The molecule has 0 heterocycles. The monoisotopic (exact) mass is 394 g/mol. The molecule has 1 N–H and O–H groups in total. The topological polar surface area (TPSA) is 75.7 Å². The number of nitrogens with zero attached hydrogens (tertiary/aromatic N) is 1. The Balaban J connectivity index is 2.25. The summed E-state index contributed by atoms with van der Waals surface area (Å²) < 4.78 is 44.1. The third-order valence-electron chi connectivity index (χ3n) is 4.06. The Labute approximate surface area is 159 Å². The number of carbonyl (C=O) groups is 1. The predicted octanol–water partition coefficient (Wildman–Crippen LogP) is 2.70. The number of halogens is 1. The Morgan fingerprint density at radius 1 is 1.19 bits per heavy atom. The van der Waals surface area contributed by atoms with Crippen LogP contribution >= 0.6 is 0 Å². The summed E-state index contributed by atoms with van der Waals surface area (Å²) in [7, 11) is -2.22. The van der Waals surface area contributed by atoms with Gasteiger partial charge in [-0.05, 0) is 36.8 Å². The van der Waals surface area contributed by atoms with Crippen LogP contribution < -0.4 is 14.4 Å². The lowest BCUT2D eigenvalue weighted by Gasteiger charge is -2.30. The van der Waals surface area contributed by atoms with E-state index in [-0.39, 0.29) is 18.7 Å². The number of anilines is 1. The number of rotatable bonds is 8. The molecule has 0 saturated heterocycles. The average molecular weight is 394 g/mol. The Morgan fingerprint density at radius 3 is 2.37 bits per heavy atom. The minimum atomic E-state index is -3.76. The van der Waals surface area contributed by atoms with Gasteiger partial charge in [0.05, 0.1) is 19.1 Å². The quantitative estimate of drug-likeness (QED) is 0.747. The molecule has 1 atom stereocenters. The van der Waals surface area contributed by atoms with Gasteiger partial charge in [-0.2, -0.15) is 0 Å². The second-order valence-electron chi connectivity index (χ2n) is 5.99. The van der Waals surface area contributed by atoms with Gasteiger partial charge >= 0.3 is 0 Å². The average Bonchev–Trinajstić information content (AvgIpc) is 2.64. The van der Waals surface area contributed by atoms with Crippen molar-refractivity contribution in [2.75, 3.05) is 17.7 Å². The Morgan fingerprint density at radius 2 is 1.81 bits per heavy atom. The van der Waals surface area contributed by atoms with E-state index in [9.17, 15) is 17.6 Å². The summed E-state index contributed by atoms with van der Waals surface area (Å²) in [5.41, 5.74) is 1.01. The number of amides is 1. The van der Waals surface area contributed by atoms with Crippen LogP contribution in [0.1, 0.15) is 18.9 Å². The standard InChI is InChI=1S/C19H23FN2O4S/c1-4-17(19(23)21-13-14-7-5-6-8-18(14)26-2)22(27(3,24)25)16-11-9-15(20)10-12-16/h5-12,17H,4,13H2,1-3H3,(H,21,23)/t17-/m1/s1. The summed E-state index contributed by atoms with van der Waals surface area (Å²) in [6.07, 6.45) is 1.27. The number of nitrogens with one attached hydrogen (secondary N) is 1. The second kappa shape index (κ2) is 8.85. The van der Waals surface area contributed by atoms with Crippen LogP contribution in [-0.2, 0) is 21.4 Å². The van der Waals surface area contributed by atoms with Crippen LogP contribution in [0.5, 0.6) is 5.75 Å². The van der Waals surface area contributed by atoms with Crippen molar-refractivity contribution in [1.82, 2.24) is 5.32 Å². The van der Waals surface area contributed by atoms with E-state index in [0.717, 1.165) is 28.3 Å². The first-order valence-corrected chi connectivity index (χ1v) is 10.3. The third kappa shape index (κ3) is 5.19. The number of ether oxygens (including phenoxy) is 1. The van der Waals surface area contributed by atoms with Crippen molar-refractivity contribution < 1.29 is 22.3 Å². The molecule has 0 saturated carbocycles. The maximum Gasteiger partial charge on any atom is 0.244 e. The molecule has 6 nitrogen and oxygen atoms in total. The Bertz CT molecular complexity index is 885. The lowest BCUT2D eigenvalue weighted by atomic mass is 10.1. The number of sulfonamides is 1. The zero-order chi connectivity index (χ0) is 20.0. The molecule has 1 amide bonds. The van der Waals surface area contributed by atoms with Crippen LogP contribution in [0.3, 0.4) is 0 Å². The summed E-state index contributed by atoms with van der Waals surface area (Å²) in [6.45, 7) is 1.91. The van der Waals surface area contributed by atoms with Crippen LogP contribution in [0.2, 0.25) is 0 Å². The van der Waals surface area contributed by atoms with Gasteiger partial charge in [-0.25, -0.2) is 12.8 Å². The molecule has 2 aromatic carbocycles. The zero-order valence-corrected chi connectivity index (χ0v) is 16.3. The predicted molar refractivity (Wildman–Crippen MR) is 103 cm³/mol. The van der Waals surface area contributed by atoms with Crippen molar-refractivity contribution in [3.05, 3.63) is 59.9 Å². The fourth-order valence-electron chi connectivity index (χ4n) is 2.80. The normalized spacial score (nSPS) is 12.3. The van der Waals surface area contributed by atoms with E-state index in [1.54, 1.807) is 13.0 Å². The van der Waals surface area contributed by atoms with Crippen molar-refractivity contribution in [3.8, 4) is 5.75 Å². The molecule has 2 rings (SSSR count). The molecule has 2 aromatic rings. The van der Waals surface area contributed by atoms with E-state index in [0.29, 0.717) is 5.75 Å². The van der Waals surface area contributed by atoms with Gasteiger partial charge < -0.3 is 10.1 Å². The van der Waals surface area contributed by atoms with Gasteiger partial charge in [-0.15, -0.1) is 0 Å². The van der Waals surface area contributed by atoms with Gasteiger partial charge in [0.2, 0.25) is 15.9 Å². The number of para-hydroxylation sites is 1. The largest absolute Gasteiger partial charge is 0.496 e. The molecule has 0 bridgehead atoms. The van der Waals surface area contributed by atoms with Gasteiger partial charge in [0, 0.05) is 12.1 Å². The zero-order valence-electron chi connectivity index (χ0n) is 15.5. The molecule has 27 heavy (non-hydrogen) atoms. The van der Waals surface area contributed by atoms with E-state index in [2.05, 4.69) is 5.32 Å². The third-order valence-corrected chi connectivity index (χ3v) is 5.24. The highest BCUT2D eigenvalue weighted by Crippen LogP contribution is 2.23. The maximum absolute atomic E-state index is 13.2. The molecule has 0 fully saturated rings. The fourth-order valence-corrected chi connectivity index (χ4v) is 4.01. The summed E-state index contributed by atoms with van der Waals surface area (Å²) in [5.74, 6) is -0.302. The molecule has 0 aliphatic rings. The lowest BCUT2D eigenvalue weighted by molar-refractivity contribution is -0.122. The SMILES string of the molecule is CC[C@H](C(=O)NCc1ccccc1OC)N(c1ccc(F)cc1)S(C)(=O)=O. The van der Waals surface area contributed by atoms with E-state index in [4.69, 9.17) is 4.74 Å². The Kier molecular flexibility index (Phi) is 6.79. The van der Waals surface area contributed by atoms with Gasteiger partial charge in [0.15, 0.2) is 0 Å².